The molecule has 0 aliphatic carbocycles. The molecule has 0 saturated carbocycles. The molecule has 8 heterocycles. The summed E-state index contributed by atoms with van der Waals surface area (Å²) in [6, 6.07) is 8.63. The summed E-state index contributed by atoms with van der Waals surface area (Å²) in [6.45, 7) is 12.4. The number of piperidine rings is 2. The molecule has 25 heteroatoms. The number of benzene rings is 2. The molecule has 6 aromatic rings. The molecular weight excluding hydrogens is 1040 g/mol. The molecule has 0 radical (unpaired) electrons. The zero-order valence-electron chi connectivity index (χ0n) is 42.5. The standard InChI is InChI=1S/C25H32FN5O4S2.C24H31FN6O4S2/c1-24(2,3)15-28-21(32)18-7-12-37(33,34)25(18)8-10-30(11-9-25)23-29-31-19(14-27-22(31)36-23)17-6-5-16(26)13-20(17)35-4;1-23(2,26)14-28-20(32)17-6-11-37(33,34)24(17)7-9-30(10-8-24)22-29-31-18(13-27-21(31)36-22)16-5-4-15(25)12-19(16)35-3/h5-6,13-14,18H,7-12,15H2,1-4H3,(H,28,32);4-5,12-13,17H,6-11,14,26H2,1-3H3,(H,28,32). The fraction of sp³-hybridized carbons (Fsp3) is 0.551. The Kier molecular flexibility index (Phi) is 14.3. The number of ether oxygens (including phenoxy) is 2. The van der Waals surface area contributed by atoms with Crippen LogP contribution in [0.4, 0.5) is 19.0 Å². The second-order valence-electron chi connectivity index (χ2n) is 21.5. The Balaban J connectivity index is 0.000000182. The maximum Gasteiger partial charge on any atom is 0.224 e. The Bertz CT molecular complexity index is 3090. The maximum atomic E-state index is 13.7. The molecule has 2 atom stereocenters. The molecule has 2 amide bonds. The Morgan fingerprint density at radius 3 is 1.45 bits per heavy atom. The number of amides is 2. The number of rotatable bonds is 11. The van der Waals surface area contributed by atoms with E-state index in [0.717, 1.165) is 5.13 Å². The summed E-state index contributed by atoms with van der Waals surface area (Å²) >= 11 is 2.80. The first-order chi connectivity index (χ1) is 34.9. The second-order valence-corrected chi connectivity index (χ2v) is 28.3. The summed E-state index contributed by atoms with van der Waals surface area (Å²) in [6.07, 6.45) is 5.49. The van der Waals surface area contributed by atoms with Crippen LogP contribution in [0.3, 0.4) is 0 Å². The lowest BCUT2D eigenvalue weighted by molar-refractivity contribution is -0.127. The van der Waals surface area contributed by atoms with E-state index in [1.807, 2.05) is 39.5 Å². The third-order valence-corrected chi connectivity index (χ3v) is 22.2. The van der Waals surface area contributed by atoms with Gasteiger partial charge in [-0.15, -0.1) is 10.2 Å². The summed E-state index contributed by atoms with van der Waals surface area (Å²) in [7, 11) is -3.86. The number of methoxy groups -OCH3 is 2. The van der Waals surface area contributed by atoms with Gasteiger partial charge in [0.1, 0.15) is 23.1 Å². The van der Waals surface area contributed by atoms with E-state index in [9.17, 15) is 35.2 Å². The van der Waals surface area contributed by atoms with Crippen LogP contribution in [-0.2, 0) is 29.3 Å². The first kappa shape index (κ1) is 53.3. The molecule has 19 nitrogen and oxygen atoms in total. The number of carbonyl (C=O) groups is 2. The molecule has 10 rings (SSSR count). The highest BCUT2D eigenvalue weighted by Gasteiger charge is 2.59. The van der Waals surface area contributed by atoms with Crippen molar-refractivity contribution in [1.82, 2.24) is 39.8 Å². The fourth-order valence-electron chi connectivity index (χ4n) is 10.8. The van der Waals surface area contributed by atoms with Gasteiger partial charge in [0, 0.05) is 68.1 Å². The molecule has 400 valence electrons. The highest BCUT2D eigenvalue weighted by Crippen LogP contribution is 2.48. The van der Waals surface area contributed by atoms with Crippen LogP contribution >= 0.6 is 22.7 Å². The van der Waals surface area contributed by atoms with E-state index in [1.54, 1.807) is 33.6 Å². The van der Waals surface area contributed by atoms with Crippen LogP contribution in [-0.4, -0.2) is 138 Å². The first-order valence-electron chi connectivity index (χ1n) is 24.5. The van der Waals surface area contributed by atoms with Gasteiger partial charge in [-0.25, -0.2) is 44.6 Å². The third kappa shape index (κ3) is 10.0. The van der Waals surface area contributed by atoms with Gasteiger partial charge in [-0.2, -0.15) is 0 Å². The van der Waals surface area contributed by atoms with Crippen LogP contribution in [0.5, 0.6) is 11.5 Å². The molecule has 2 unspecified atom stereocenters. The van der Waals surface area contributed by atoms with Gasteiger partial charge in [0.25, 0.3) is 0 Å². The van der Waals surface area contributed by atoms with Crippen molar-refractivity contribution in [3.05, 3.63) is 60.4 Å². The maximum absolute atomic E-state index is 13.7. The zero-order valence-corrected chi connectivity index (χ0v) is 45.7. The van der Waals surface area contributed by atoms with Crippen LogP contribution in [0.15, 0.2) is 48.8 Å². The Morgan fingerprint density at radius 1 is 0.689 bits per heavy atom. The summed E-state index contributed by atoms with van der Waals surface area (Å²) in [5.74, 6) is -1.48. The van der Waals surface area contributed by atoms with Gasteiger partial charge in [-0.1, -0.05) is 43.4 Å². The second kappa shape index (κ2) is 19.9. The van der Waals surface area contributed by atoms with Gasteiger partial charge in [0.2, 0.25) is 32.0 Å². The lowest BCUT2D eigenvalue weighted by Gasteiger charge is -2.41. The van der Waals surface area contributed by atoms with Gasteiger partial charge >= 0.3 is 0 Å². The Hall–Kier alpha value is -5.50. The van der Waals surface area contributed by atoms with E-state index >= 15 is 0 Å². The Labute approximate surface area is 437 Å². The van der Waals surface area contributed by atoms with Crippen LogP contribution < -0.4 is 35.6 Å². The normalized spacial score (nSPS) is 21.0. The van der Waals surface area contributed by atoms with Crippen LogP contribution in [0.25, 0.3) is 32.4 Å². The van der Waals surface area contributed by atoms with E-state index in [0.29, 0.717) is 120 Å². The van der Waals surface area contributed by atoms with Gasteiger partial charge < -0.3 is 35.6 Å². The number of anilines is 2. The van der Waals surface area contributed by atoms with Crippen LogP contribution in [0.2, 0.25) is 0 Å². The van der Waals surface area contributed by atoms with Crippen molar-refractivity contribution < 1.29 is 44.7 Å². The molecular formula is C49H63F2N11O8S4. The number of sulfone groups is 2. The van der Waals surface area contributed by atoms with Gasteiger partial charge in [-0.05, 0) is 82.1 Å². The summed E-state index contributed by atoms with van der Waals surface area (Å²) in [5.41, 5.74) is 8.03. The largest absolute Gasteiger partial charge is 0.496 e. The minimum absolute atomic E-state index is 0.0189. The summed E-state index contributed by atoms with van der Waals surface area (Å²) in [4.78, 5) is 40.5. The van der Waals surface area contributed by atoms with E-state index in [1.165, 1.54) is 61.2 Å². The number of halogens is 2. The van der Waals surface area contributed by atoms with Crippen molar-refractivity contribution in [3.63, 3.8) is 0 Å². The predicted octanol–water partition coefficient (Wildman–Crippen LogP) is 5.77. The van der Waals surface area contributed by atoms with Gasteiger partial charge in [-0.3, -0.25) is 9.59 Å². The van der Waals surface area contributed by atoms with E-state index in [4.69, 9.17) is 25.4 Å². The van der Waals surface area contributed by atoms with Crippen LogP contribution in [0.1, 0.15) is 73.1 Å². The lowest BCUT2D eigenvalue weighted by Crippen LogP contribution is -2.55. The molecule has 0 bridgehead atoms. The van der Waals surface area contributed by atoms with E-state index in [-0.39, 0.29) is 35.3 Å². The first-order valence-corrected chi connectivity index (χ1v) is 29.5. The molecule has 74 heavy (non-hydrogen) atoms. The number of nitrogens with zero attached hydrogens (tertiary/aromatic N) is 8. The van der Waals surface area contributed by atoms with E-state index in [2.05, 4.69) is 25.5 Å². The SMILES string of the molecule is COc1cc(F)ccc1-c1cnc2sc(N3CCC4(CC3)C(C(=O)NCC(C)(C)C)CCS4(=O)=O)nn12.COc1cc(F)ccc1-c1cnc2sc(N3CCC4(CC3)C(C(=O)NCC(C)(C)N)CCS4(=O)=O)nn12. The number of hydrogen-bond donors (Lipinski definition) is 3. The number of carbonyl (C=O) groups excluding carboxylic acids is 2. The summed E-state index contributed by atoms with van der Waals surface area (Å²) in [5, 5.41) is 16.8. The van der Waals surface area contributed by atoms with Crippen molar-refractivity contribution in [2.24, 2.45) is 23.0 Å². The van der Waals surface area contributed by atoms with Gasteiger partial charge in [0.15, 0.2) is 19.7 Å². The van der Waals surface area contributed by atoms with Crippen molar-refractivity contribution in [1.29, 1.82) is 0 Å². The van der Waals surface area contributed by atoms with E-state index < -0.39 is 58.2 Å². The number of hydrogen-bond acceptors (Lipinski definition) is 17. The number of nitrogens with one attached hydrogen (secondary N) is 2. The quantitative estimate of drug-likeness (QED) is 0.140. The molecule has 4 saturated heterocycles. The topological polar surface area (TPSA) is 238 Å². The number of fused-ring (bicyclic) bond motifs is 2. The number of imidazole rings is 2. The molecule has 4 fully saturated rings. The molecule has 2 spiro atoms. The van der Waals surface area contributed by atoms with Gasteiger partial charge in [0.05, 0.1) is 70.8 Å². The molecule has 4 N–H and O–H groups in total. The summed E-state index contributed by atoms with van der Waals surface area (Å²) < 4.78 is 92.2. The minimum atomic E-state index is -3.43. The average Bonchev–Trinajstić information content (AvgIpc) is 4.20. The highest BCUT2D eigenvalue weighted by molar-refractivity contribution is 7.93. The highest BCUT2D eigenvalue weighted by atomic mass is 32.2. The minimum Gasteiger partial charge on any atom is -0.496 e. The van der Waals surface area contributed by atoms with Crippen molar-refractivity contribution in [2.75, 3.05) is 74.8 Å². The monoisotopic (exact) mass is 1100 g/mol. The smallest absolute Gasteiger partial charge is 0.224 e. The Morgan fingerprint density at radius 2 is 1.08 bits per heavy atom. The van der Waals surface area contributed by atoms with Crippen molar-refractivity contribution >= 4 is 74.3 Å². The number of nitrogens with two attached hydrogens (primary N) is 1. The van der Waals surface area contributed by atoms with Crippen LogP contribution in [0, 0.1) is 28.9 Å². The molecule has 4 aromatic heterocycles. The van der Waals surface area contributed by atoms with Crippen molar-refractivity contribution in [2.45, 2.75) is 88.2 Å². The molecule has 2 aromatic carbocycles. The van der Waals surface area contributed by atoms with Crippen molar-refractivity contribution in [3.8, 4) is 34.0 Å². The predicted molar refractivity (Wildman–Crippen MR) is 282 cm³/mol. The third-order valence-electron chi connectivity index (χ3n) is 14.8. The molecule has 4 aliphatic rings. The lowest BCUT2D eigenvalue weighted by atomic mass is 9.81. The molecule has 4 aliphatic heterocycles. The fourth-order valence-corrected chi connectivity index (χ4v) is 17.5. The average molecular weight is 1100 g/mol. The number of aromatic nitrogens is 6. The zero-order chi connectivity index (χ0) is 53.2.